The van der Waals surface area contributed by atoms with E-state index in [9.17, 15) is 19.1 Å². The lowest BCUT2D eigenvalue weighted by Crippen LogP contribution is -2.47. The van der Waals surface area contributed by atoms with Crippen molar-refractivity contribution < 1.29 is 19.1 Å². The van der Waals surface area contributed by atoms with Crippen molar-refractivity contribution in [3.63, 3.8) is 0 Å². The molecule has 7 heteroatoms. The molecule has 0 spiro atoms. The maximum atomic E-state index is 13.2. The summed E-state index contributed by atoms with van der Waals surface area (Å²) in [5.41, 5.74) is 0.344. The highest BCUT2D eigenvalue weighted by molar-refractivity contribution is 14.1. The van der Waals surface area contributed by atoms with Crippen LogP contribution in [-0.2, 0) is 4.79 Å². The Balaban J connectivity index is 2.39. The third-order valence-electron chi connectivity index (χ3n) is 3.29. The topological polar surface area (TPSA) is 57.6 Å². The number of carboxylic acid groups (broad SMARTS) is 1. The van der Waals surface area contributed by atoms with Gasteiger partial charge in [0, 0.05) is 9.32 Å². The van der Waals surface area contributed by atoms with Gasteiger partial charge in [0.2, 0.25) is 0 Å². The number of hydrogen-bond donors (Lipinski definition) is 1. The molecule has 1 aromatic carbocycles. The molecule has 1 aliphatic heterocycles. The van der Waals surface area contributed by atoms with Crippen LogP contribution in [0.2, 0.25) is 0 Å². The fraction of sp³-hybridized carbons (Fsp3) is 0.429. The monoisotopic (exact) mass is 423 g/mol. The molecule has 0 aliphatic carbocycles. The molecule has 1 heterocycles. The fourth-order valence-corrected chi connectivity index (χ4v) is 4.47. The first-order chi connectivity index (χ1) is 9.82. The van der Waals surface area contributed by atoms with Crippen LogP contribution < -0.4 is 0 Å². The van der Waals surface area contributed by atoms with Gasteiger partial charge in [0.15, 0.2) is 0 Å². The van der Waals surface area contributed by atoms with Crippen LogP contribution >= 0.6 is 34.4 Å². The van der Waals surface area contributed by atoms with Gasteiger partial charge in [-0.15, -0.1) is 11.8 Å². The van der Waals surface area contributed by atoms with Gasteiger partial charge in [-0.1, -0.05) is 13.8 Å². The summed E-state index contributed by atoms with van der Waals surface area (Å²) in [6.07, 6.45) is 0. The number of amides is 1. The lowest BCUT2D eigenvalue weighted by atomic mass is 10.1. The Kier molecular flexibility index (Phi) is 5.13. The van der Waals surface area contributed by atoms with Crippen LogP contribution in [0, 0.1) is 15.3 Å². The first-order valence-electron chi connectivity index (χ1n) is 6.45. The van der Waals surface area contributed by atoms with Crippen molar-refractivity contribution in [1.82, 2.24) is 4.90 Å². The Bertz CT molecular complexity index is 581. The van der Waals surface area contributed by atoms with E-state index in [2.05, 4.69) is 0 Å². The normalized spacial score (nSPS) is 21.9. The molecule has 0 aromatic heterocycles. The highest BCUT2D eigenvalue weighted by atomic mass is 127. The number of carbonyl (C=O) groups is 2. The summed E-state index contributed by atoms with van der Waals surface area (Å²) in [4.78, 5) is 25.5. The van der Waals surface area contributed by atoms with Crippen LogP contribution in [-0.4, -0.2) is 39.1 Å². The number of thioether (sulfide) groups is 1. The number of carbonyl (C=O) groups excluding carboxylic acids is 1. The van der Waals surface area contributed by atoms with Gasteiger partial charge in [0.25, 0.3) is 5.91 Å². The minimum absolute atomic E-state index is 0.140. The number of aliphatic carboxylic acids is 1. The van der Waals surface area contributed by atoms with Crippen LogP contribution in [0.4, 0.5) is 4.39 Å². The molecule has 0 saturated carbocycles. The fourth-order valence-electron chi connectivity index (χ4n) is 2.29. The molecule has 0 radical (unpaired) electrons. The van der Waals surface area contributed by atoms with Crippen LogP contribution in [0.1, 0.15) is 24.2 Å². The molecule has 1 fully saturated rings. The maximum Gasteiger partial charge on any atom is 0.327 e. The van der Waals surface area contributed by atoms with Crippen LogP contribution in [0.3, 0.4) is 0 Å². The Morgan fingerprint density at radius 2 is 2.14 bits per heavy atom. The minimum Gasteiger partial charge on any atom is -0.480 e. The van der Waals surface area contributed by atoms with Crippen LogP contribution in [0.5, 0.6) is 0 Å². The zero-order valence-corrected chi connectivity index (χ0v) is 14.5. The lowest BCUT2D eigenvalue weighted by molar-refractivity contribution is -0.141. The van der Waals surface area contributed by atoms with Crippen molar-refractivity contribution in [1.29, 1.82) is 0 Å². The summed E-state index contributed by atoms with van der Waals surface area (Å²) in [6, 6.07) is 3.07. The minimum atomic E-state index is -1.00. The first kappa shape index (κ1) is 16.5. The molecule has 2 atom stereocenters. The molecule has 1 N–H and O–H groups in total. The smallest absolute Gasteiger partial charge is 0.327 e. The standard InChI is InChI=1S/C14H15FINO3S/c1-7(2)13-17(11(6-21-13)14(19)20)12(18)9-4-3-8(15)5-10(9)16/h3-5,7,11,13H,6H2,1-2H3,(H,19,20). The highest BCUT2D eigenvalue weighted by Crippen LogP contribution is 2.35. The van der Waals surface area contributed by atoms with Gasteiger partial charge in [-0.25, -0.2) is 9.18 Å². The van der Waals surface area contributed by atoms with Crippen molar-refractivity contribution in [3.05, 3.63) is 33.1 Å². The summed E-state index contributed by atoms with van der Waals surface area (Å²) in [6.45, 7) is 3.91. The van der Waals surface area contributed by atoms with Gasteiger partial charge >= 0.3 is 5.97 Å². The average Bonchev–Trinajstić information content (AvgIpc) is 2.82. The Morgan fingerprint density at radius 1 is 1.48 bits per heavy atom. The summed E-state index contributed by atoms with van der Waals surface area (Å²) >= 11 is 3.37. The molecule has 21 heavy (non-hydrogen) atoms. The lowest BCUT2D eigenvalue weighted by Gasteiger charge is -2.30. The van der Waals surface area contributed by atoms with Crippen molar-refractivity contribution >= 4 is 46.2 Å². The number of benzene rings is 1. The maximum absolute atomic E-state index is 13.2. The molecular formula is C14H15FINO3S. The van der Waals surface area contributed by atoms with Crippen molar-refractivity contribution in [3.8, 4) is 0 Å². The molecule has 2 rings (SSSR count). The molecule has 1 aliphatic rings. The van der Waals surface area contributed by atoms with E-state index >= 15 is 0 Å². The predicted octanol–water partition coefficient (Wildman–Crippen LogP) is 3.05. The van der Waals surface area contributed by atoms with Gasteiger partial charge in [-0.05, 0) is 46.7 Å². The molecule has 1 aromatic rings. The van der Waals surface area contributed by atoms with Gasteiger partial charge in [-0.3, -0.25) is 4.79 Å². The Labute approximate surface area is 140 Å². The third-order valence-corrected chi connectivity index (χ3v) is 5.80. The van der Waals surface area contributed by atoms with Gasteiger partial charge in [0.1, 0.15) is 11.9 Å². The summed E-state index contributed by atoms with van der Waals surface area (Å²) < 4.78 is 13.7. The summed E-state index contributed by atoms with van der Waals surface area (Å²) in [7, 11) is 0. The summed E-state index contributed by atoms with van der Waals surface area (Å²) in [5.74, 6) is -1.25. The number of nitrogens with zero attached hydrogens (tertiary/aromatic N) is 1. The molecule has 2 unspecified atom stereocenters. The second kappa shape index (κ2) is 6.51. The van der Waals surface area contributed by atoms with E-state index in [4.69, 9.17) is 0 Å². The number of halogens is 2. The largest absolute Gasteiger partial charge is 0.480 e. The summed E-state index contributed by atoms with van der Waals surface area (Å²) in [5, 5.41) is 9.14. The van der Waals surface area contributed by atoms with Gasteiger partial charge < -0.3 is 10.0 Å². The molecule has 1 saturated heterocycles. The van der Waals surface area contributed by atoms with E-state index in [0.29, 0.717) is 14.9 Å². The third kappa shape index (κ3) is 3.33. The van der Waals surface area contributed by atoms with Crippen molar-refractivity contribution in [2.45, 2.75) is 25.3 Å². The number of hydrogen-bond acceptors (Lipinski definition) is 3. The van der Waals surface area contributed by atoms with E-state index in [1.165, 1.54) is 34.9 Å². The van der Waals surface area contributed by atoms with Crippen LogP contribution in [0.15, 0.2) is 18.2 Å². The number of rotatable bonds is 3. The van der Waals surface area contributed by atoms with Crippen molar-refractivity contribution in [2.75, 3.05) is 5.75 Å². The molecule has 0 bridgehead atoms. The molecule has 1 amide bonds. The van der Waals surface area contributed by atoms with E-state index in [1.807, 2.05) is 36.4 Å². The van der Waals surface area contributed by atoms with E-state index in [0.717, 1.165) is 0 Å². The molecule has 114 valence electrons. The highest BCUT2D eigenvalue weighted by Gasteiger charge is 2.43. The zero-order valence-electron chi connectivity index (χ0n) is 11.5. The van der Waals surface area contributed by atoms with E-state index < -0.39 is 17.8 Å². The van der Waals surface area contributed by atoms with E-state index in [1.54, 1.807) is 0 Å². The average molecular weight is 423 g/mol. The second-order valence-electron chi connectivity index (χ2n) is 5.16. The second-order valence-corrected chi connectivity index (χ2v) is 7.47. The first-order valence-corrected chi connectivity index (χ1v) is 8.57. The van der Waals surface area contributed by atoms with Gasteiger partial charge in [-0.2, -0.15) is 0 Å². The van der Waals surface area contributed by atoms with Crippen LogP contribution in [0.25, 0.3) is 0 Å². The molecule has 4 nitrogen and oxygen atoms in total. The Morgan fingerprint density at radius 3 is 2.67 bits per heavy atom. The zero-order chi connectivity index (χ0) is 15.7. The molecular weight excluding hydrogens is 408 g/mol. The van der Waals surface area contributed by atoms with E-state index in [-0.39, 0.29) is 17.2 Å². The van der Waals surface area contributed by atoms with Crippen molar-refractivity contribution in [2.24, 2.45) is 5.92 Å². The quantitative estimate of drug-likeness (QED) is 0.760. The Hall–Kier alpha value is -0.830. The SMILES string of the molecule is CC(C)C1SCC(C(=O)O)N1C(=O)c1ccc(F)cc1I. The van der Waals surface area contributed by atoms with Gasteiger partial charge in [0.05, 0.1) is 10.9 Å². The number of carboxylic acids is 1. The predicted molar refractivity (Wildman–Crippen MR) is 87.8 cm³/mol.